The van der Waals surface area contributed by atoms with Crippen molar-refractivity contribution in [1.82, 2.24) is 9.97 Å². The van der Waals surface area contributed by atoms with E-state index in [2.05, 4.69) is 14.7 Å². The Morgan fingerprint density at radius 2 is 2.04 bits per heavy atom. The predicted molar refractivity (Wildman–Crippen MR) is 88.2 cm³/mol. The first kappa shape index (κ1) is 16.7. The summed E-state index contributed by atoms with van der Waals surface area (Å²) in [6, 6.07) is 5.74. The Morgan fingerprint density at radius 1 is 1.32 bits per heavy atom. The number of rotatable bonds is 4. The Morgan fingerprint density at radius 3 is 2.72 bits per heavy atom. The minimum Gasteiger partial charge on any atom is -0.507 e. The molecule has 0 aliphatic carbocycles. The van der Waals surface area contributed by atoms with Crippen LogP contribution in [0.3, 0.4) is 0 Å². The fourth-order valence-corrected chi connectivity index (χ4v) is 3.41. The number of H-pyrrole nitrogens is 1. The van der Waals surface area contributed by atoms with E-state index in [1.807, 2.05) is 0 Å². The number of phenols is 1. The molecule has 0 aliphatic heterocycles. The molecule has 3 rings (SSSR count). The average molecular weight is 364 g/mol. The van der Waals surface area contributed by atoms with Crippen LogP contribution in [0.4, 0.5) is 10.1 Å². The summed E-state index contributed by atoms with van der Waals surface area (Å²) in [7, 11) is -4.22. The first-order valence-electron chi connectivity index (χ1n) is 6.99. The molecular formula is C15H13FN4O4S. The minimum atomic E-state index is -4.22. The van der Waals surface area contributed by atoms with Crippen LogP contribution in [0.15, 0.2) is 35.2 Å². The van der Waals surface area contributed by atoms with Gasteiger partial charge in [-0.25, -0.2) is 17.8 Å². The van der Waals surface area contributed by atoms with Gasteiger partial charge in [0.25, 0.3) is 15.9 Å². The molecule has 0 unspecified atom stereocenters. The van der Waals surface area contributed by atoms with Crippen LogP contribution in [-0.4, -0.2) is 29.4 Å². The summed E-state index contributed by atoms with van der Waals surface area (Å²) in [5, 5.41) is 9.54. The summed E-state index contributed by atoms with van der Waals surface area (Å²) in [5.41, 5.74) is 4.85. The van der Waals surface area contributed by atoms with E-state index in [0.717, 1.165) is 18.2 Å². The number of hydrogen-bond acceptors (Lipinski definition) is 5. The Labute approximate surface area is 141 Å². The quantitative estimate of drug-likeness (QED) is 0.557. The number of hydrogen-bond donors (Lipinski definition) is 4. The number of aromatic nitrogens is 2. The molecule has 8 nitrogen and oxygen atoms in total. The van der Waals surface area contributed by atoms with Crippen molar-refractivity contribution in [3.63, 3.8) is 0 Å². The molecule has 3 aromatic rings. The monoisotopic (exact) mass is 364 g/mol. The Hall–Kier alpha value is -3.14. The number of fused-ring (bicyclic) bond motifs is 1. The molecule has 0 aliphatic rings. The molecule has 0 fully saturated rings. The highest BCUT2D eigenvalue weighted by atomic mass is 32.2. The smallest absolute Gasteiger partial charge is 0.262 e. The number of sulfonamides is 1. The molecule has 2 aromatic carbocycles. The lowest BCUT2D eigenvalue weighted by atomic mass is 10.2. The highest BCUT2D eigenvalue weighted by Crippen LogP contribution is 2.27. The van der Waals surface area contributed by atoms with Gasteiger partial charge >= 0.3 is 0 Å². The second-order valence-electron chi connectivity index (χ2n) is 5.29. The van der Waals surface area contributed by atoms with E-state index in [0.29, 0.717) is 11.3 Å². The highest BCUT2D eigenvalue weighted by Gasteiger charge is 2.21. The van der Waals surface area contributed by atoms with Gasteiger partial charge in [-0.3, -0.25) is 9.52 Å². The number of imidazole rings is 1. The van der Waals surface area contributed by atoms with Crippen molar-refractivity contribution >= 4 is 32.7 Å². The van der Waals surface area contributed by atoms with Crippen molar-refractivity contribution in [2.45, 2.75) is 11.8 Å². The first-order valence-corrected chi connectivity index (χ1v) is 8.48. The Bertz CT molecular complexity index is 1110. The summed E-state index contributed by atoms with van der Waals surface area (Å²) in [6.07, 6.45) is 0. The number of primary amides is 1. The van der Waals surface area contributed by atoms with Gasteiger partial charge < -0.3 is 15.8 Å². The normalized spacial score (nSPS) is 11.6. The summed E-state index contributed by atoms with van der Waals surface area (Å²) in [4.78, 5) is 17.7. The lowest BCUT2D eigenvalue weighted by Crippen LogP contribution is -2.16. The number of carbonyl (C=O) groups excluding carboxylic acids is 1. The summed E-state index contributed by atoms with van der Waals surface area (Å²) in [6.45, 7) is 1.64. The van der Waals surface area contributed by atoms with Crippen LogP contribution in [0.1, 0.15) is 16.2 Å². The molecule has 1 heterocycles. The van der Waals surface area contributed by atoms with E-state index >= 15 is 0 Å². The van der Waals surface area contributed by atoms with Crippen LogP contribution in [-0.2, 0) is 10.0 Å². The zero-order chi connectivity index (χ0) is 18.4. The van der Waals surface area contributed by atoms with E-state index in [1.54, 1.807) is 6.92 Å². The highest BCUT2D eigenvalue weighted by molar-refractivity contribution is 7.92. The third kappa shape index (κ3) is 2.98. The molecule has 1 amide bonds. The van der Waals surface area contributed by atoms with Gasteiger partial charge in [-0.1, -0.05) is 0 Å². The molecule has 10 heteroatoms. The molecule has 0 saturated carbocycles. The largest absolute Gasteiger partial charge is 0.507 e. The van der Waals surface area contributed by atoms with Crippen LogP contribution in [0.25, 0.3) is 11.0 Å². The topological polar surface area (TPSA) is 138 Å². The number of carbonyl (C=O) groups is 1. The number of aryl methyl sites for hydroxylation is 1. The van der Waals surface area contributed by atoms with E-state index in [4.69, 9.17) is 5.73 Å². The SMILES string of the molecule is Cc1nc2c(F)c(NS(=O)(=O)c3ccc(O)c(C(N)=O)c3)ccc2[nH]1. The zero-order valence-corrected chi connectivity index (χ0v) is 13.7. The van der Waals surface area contributed by atoms with Gasteiger partial charge in [0.1, 0.15) is 17.1 Å². The van der Waals surface area contributed by atoms with Crippen molar-refractivity contribution in [3.05, 3.63) is 47.5 Å². The molecule has 1 aromatic heterocycles. The van der Waals surface area contributed by atoms with Gasteiger partial charge in [0, 0.05) is 0 Å². The fourth-order valence-electron chi connectivity index (χ4n) is 2.33. The number of aromatic hydroxyl groups is 1. The number of amides is 1. The van der Waals surface area contributed by atoms with E-state index in [1.165, 1.54) is 12.1 Å². The van der Waals surface area contributed by atoms with Crippen LogP contribution in [0.5, 0.6) is 5.75 Å². The molecule has 0 spiro atoms. The number of anilines is 1. The van der Waals surface area contributed by atoms with Crippen LogP contribution in [0, 0.1) is 12.7 Å². The molecule has 25 heavy (non-hydrogen) atoms. The second-order valence-corrected chi connectivity index (χ2v) is 6.98. The van der Waals surface area contributed by atoms with E-state index in [9.17, 15) is 22.7 Å². The fraction of sp³-hybridized carbons (Fsp3) is 0.0667. The third-order valence-corrected chi connectivity index (χ3v) is 4.86. The van der Waals surface area contributed by atoms with Crippen LogP contribution < -0.4 is 10.5 Å². The van der Waals surface area contributed by atoms with Crippen LogP contribution >= 0.6 is 0 Å². The van der Waals surface area contributed by atoms with Gasteiger partial charge in [-0.15, -0.1) is 0 Å². The number of halogens is 1. The van der Waals surface area contributed by atoms with Gasteiger partial charge in [0.2, 0.25) is 0 Å². The number of benzene rings is 2. The van der Waals surface area contributed by atoms with Crippen LogP contribution in [0.2, 0.25) is 0 Å². The molecule has 0 radical (unpaired) electrons. The van der Waals surface area contributed by atoms with Gasteiger partial charge in [0.15, 0.2) is 5.82 Å². The number of aromatic amines is 1. The third-order valence-electron chi connectivity index (χ3n) is 3.50. The van der Waals surface area contributed by atoms with Gasteiger partial charge in [-0.05, 0) is 37.3 Å². The number of nitrogens with zero attached hydrogens (tertiary/aromatic N) is 1. The number of nitrogens with one attached hydrogen (secondary N) is 2. The standard InChI is InChI=1S/C15H13FN4O4S/c1-7-18-11-4-3-10(13(16)14(11)19-7)20-25(23,24)8-2-5-12(21)9(6-8)15(17)22/h2-6,20-21H,1H3,(H2,17,22)(H,18,19). The van der Waals surface area contributed by atoms with Crippen molar-refractivity contribution < 1.29 is 22.7 Å². The van der Waals surface area contributed by atoms with Crippen molar-refractivity contribution in [3.8, 4) is 5.75 Å². The summed E-state index contributed by atoms with van der Waals surface area (Å²) < 4.78 is 41.5. The molecular weight excluding hydrogens is 351 g/mol. The maximum absolute atomic E-state index is 14.5. The summed E-state index contributed by atoms with van der Waals surface area (Å²) >= 11 is 0. The van der Waals surface area contributed by atoms with E-state index in [-0.39, 0.29) is 21.7 Å². The zero-order valence-electron chi connectivity index (χ0n) is 12.9. The Kier molecular flexibility index (Phi) is 3.84. The maximum atomic E-state index is 14.5. The lowest BCUT2D eigenvalue weighted by molar-refractivity contribution is 0.0997. The predicted octanol–water partition coefficient (Wildman–Crippen LogP) is 1.62. The number of nitrogens with two attached hydrogens (primary N) is 1. The van der Waals surface area contributed by atoms with Gasteiger partial charge in [0.05, 0.1) is 21.7 Å². The minimum absolute atomic E-state index is 0.00114. The molecule has 0 bridgehead atoms. The van der Waals surface area contributed by atoms with Crippen molar-refractivity contribution in [2.75, 3.05) is 4.72 Å². The molecule has 130 valence electrons. The molecule has 5 N–H and O–H groups in total. The molecule has 0 saturated heterocycles. The maximum Gasteiger partial charge on any atom is 0.262 e. The Balaban J connectivity index is 2.03. The van der Waals surface area contributed by atoms with E-state index < -0.39 is 27.5 Å². The summed E-state index contributed by atoms with van der Waals surface area (Å²) in [5.74, 6) is -1.79. The van der Waals surface area contributed by atoms with Crippen molar-refractivity contribution in [2.24, 2.45) is 5.73 Å². The molecule has 0 atom stereocenters. The average Bonchev–Trinajstić information content (AvgIpc) is 2.91. The second kappa shape index (κ2) is 5.74. The van der Waals surface area contributed by atoms with Crippen molar-refractivity contribution in [1.29, 1.82) is 0 Å². The van der Waals surface area contributed by atoms with Gasteiger partial charge in [-0.2, -0.15) is 0 Å². The first-order chi connectivity index (χ1) is 11.7. The lowest BCUT2D eigenvalue weighted by Gasteiger charge is -2.10.